The van der Waals surface area contributed by atoms with E-state index in [9.17, 15) is 0 Å². The van der Waals surface area contributed by atoms with Crippen LogP contribution in [0.1, 0.15) is 64.0 Å². The molecule has 1 atom stereocenters. The first-order valence-corrected chi connectivity index (χ1v) is 8.27. The molecule has 0 fully saturated rings. The third kappa shape index (κ3) is 6.56. The average Bonchev–Trinajstić information content (AvgIpc) is 2.37. The van der Waals surface area contributed by atoms with Gasteiger partial charge >= 0.3 is 0 Å². The summed E-state index contributed by atoms with van der Waals surface area (Å²) in [5.74, 6) is 2.20. The van der Waals surface area contributed by atoms with Crippen LogP contribution in [-0.2, 0) is 0 Å². The molecule has 1 heteroatoms. The fourth-order valence-electron chi connectivity index (χ4n) is 2.73. The van der Waals surface area contributed by atoms with Gasteiger partial charge in [-0.15, -0.1) is 0 Å². The molecule has 1 N–H and O–H groups in total. The van der Waals surface area contributed by atoms with E-state index in [0.717, 1.165) is 24.9 Å². The summed E-state index contributed by atoms with van der Waals surface area (Å²) in [6.45, 7) is 13.7. The molecular formula is C19H33N. The lowest BCUT2D eigenvalue weighted by Crippen LogP contribution is -2.26. The van der Waals surface area contributed by atoms with E-state index in [-0.39, 0.29) is 0 Å². The van der Waals surface area contributed by atoms with Gasteiger partial charge in [-0.3, -0.25) is 0 Å². The Morgan fingerprint density at radius 3 is 2.20 bits per heavy atom. The summed E-state index contributed by atoms with van der Waals surface area (Å²) in [4.78, 5) is 0. The molecule has 114 valence electrons. The molecular weight excluding hydrogens is 242 g/mol. The van der Waals surface area contributed by atoms with Crippen molar-refractivity contribution >= 4 is 0 Å². The monoisotopic (exact) mass is 275 g/mol. The van der Waals surface area contributed by atoms with E-state index in [1.54, 1.807) is 0 Å². The predicted octanol–water partition coefficient (Wildman–Crippen LogP) is 5.15. The fourth-order valence-corrected chi connectivity index (χ4v) is 2.73. The van der Waals surface area contributed by atoms with Gasteiger partial charge in [0, 0.05) is 6.54 Å². The van der Waals surface area contributed by atoms with E-state index < -0.39 is 0 Å². The van der Waals surface area contributed by atoms with Crippen molar-refractivity contribution in [2.24, 2.45) is 11.8 Å². The summed E-state index contributed by atoms with van der Waals surface area (Å²) >= 11 is 0. The fraction of sp³-hybridized carbons (Fsp3) is 0.684. The van der Waals surface area contributed by atoms with Crippen LogP contribution in [0.2, 0.25) is 0 Å². The maximum atomic E-state index is 3.65. The summed E-state index contributed by atoms with van der Waals surface area (Å²) in [5, 5.41) is 3.65. The summed E-state index contributed by atoms with van der Waals surface area (Å²) in [5.41, 5.74) is 2.97. The lowest BCUT2D eigenvalue weighted by Gasteiger charge is -2.21. The SMILES string of the molecule is Cc1ccccc1C(CCCC(C)C)CNCC(C)C. The third-order valence-corrected chi connectivity index (χ3v) is 3.91. The number of rotatable bonds is 9. The lowest BCUT2D eigenvalue weighted by molar-refractivity contribution is 0.463. The molecule has 1 aromatic carbocycles. The van der Waals surface area contributed by atoms with Crippen LogP contribution in [0.15, 0.2) is 24.3 Å². The quantitative estimate of drug-likeness (QED) is 0.657. The molecule has 1 rings (SSSR count). The first kappa shape index (κ1) is 17.2. The minimum atomic E-state index is 0.661. The van der Waals surface area contributed by atoms with Crippen molar-refractivity contribution in [3.05, 3.63) is 35.4 Å². The van der Waals surface area contributed by atoms with Gasteiger partial charge in [0.15, 0.2) is 0 Å². The van der Waals surface area contributed by atoms with Gasteiger partial charge < -0.3 is 5.32 Å². The van der Waals surface area contributed by atoms with Crippen molar-refractivity contribution in [2.75, 3.05) is 13.1 Å². The van der Waals surface area contributed by atoms with Gasteiger partial charge in [-0.05, 0) is 48.8 Å². The highest BCUT2D eigenvalue weighted by atomic mass is 14.9. The Kier molecular flexibility index (Phi) is 7.91. The minimum absolute atomic E-state index is 0.661. The van der Waals surface area contributed by atoms with Crippen molar-refractivity contribution in [3.8, 4) is 0 Å². The number of nitrogens with one attached hydrogen (secondary N) is 1. The molecule has 0 saturated carbocycles. The van der Waals surface area contributed by atoms with Crippen LogP contribution in [-0.4, -0.2) is 13.1 Å². The zero-order valence-electron chi connectivity index (χ0n) is 14.1. The molecule has 0 aromatic heterocycles. The van der Waals surface area contributed by atoms with Crippen LogP contribution in [0.5, 0.6) is 0 Å². The van der Waals surface area contributed by atoms with Gasteiger partial charge in [-0.2, -0.15) is 0 Å². The molecule has 1 nitrogen and oxygen atoms in total. The average molecular weight is 275 g/mol. The van der Waals surface area contributed by atoms with Gasteiger partial charge in [0.25, 0.3) is 0 Å². The first-order valence-electron chi connectivity index (χ1n) is 8.27. The molecule has 20 heavy (non-hydrogen) atoms. The molecule has 0 spiro atoms. The van der Waals surface area contributed by atoms with Crippen molar-refractivity contribution in [1.82, 2.24) is 5.32 Å². The molecule has 0 radical (unpaired) electrons. The van der Waals surface area contributed by atoms with E-state index in [4.69, 9.17) is 0 Å². The first-order chi connectivity index (χ1) is 9.50. The number of aryl methyl sites for hydroxylation is 1. The van der Waals surface area contributed by atoms with Crippen molar-refractivity contribution < 1.29 is 0 Å². The number of hydrogen-bond donors (Lipinski definition) is 1. The molecule has 0 heterocycles. The Balaban J connectivity index is 2.61. The van der Waals surface area contributed by atoms with E-state index in [1.165, 1.54) is 30.4 Å². The van der Waals surface area contributed by atoms with Crippen molar-refractivity contribution in [3.63, 3.8) is 0 Å². The highest BCUT2D eigenvalue weighted by molar-refractivity contribution is 5.29. The second-order valence-corrected chi connectivity index (χ2v) is 6.93. The van der Waals surface area contributed by atoms with Crippen LogP contribution >= 0.6 is 0 Å². The summed E-state index contributed by atoms with van der Waals surface area (Å²) in [7, 11) is 0. The van der Waals surface area contributed by atoms with Crippen molar-refractivity contribution in [1.29, 1.82) is 0 Å². The molecule has 0 aliphatic heterocycles. The van der Waals surface area contributed by atoms with Crippen molar-refractivity contribution in [2.45, 2.75) is 59.8 Å². The molecule has 1 unspecified atom stereocenters. The van der Waals surface area contributed by atoms with Crippen LogP contribution in [0.4, 0.5) is 0 Å². The van der Waals surface area contributed by atoms with Crippen LogP contribution in [0.25, 0.3) is 0 Å². The van der Waals surface area contributed by atoms with Gasteiger partial charge in [0.1, 0.15) is 0 Å². The van der Waals surface area contributed by atoms with E-state index >= 15 is 0 Å². The highest BCUT2D eigenvalue weighted by Gasteiger charge is 2.13. The lowest BCUT2D eigenvalue weighted by atomic mass is 9.89. The standard InChI is InChI=1S/C19H33N/c1-15(2)9-8-11-18(14-20-13-16(3)4)19-12-7-6-10-17(19)5/h6-7,10,12,15-16,18,20H,8-9,11,13-14H2,1-5H3. The zero-order chi connectivity index (χ0) is 15.0. The molecule has 1 aromatic rings. The maximum Gasteiger partial charge on any atom is 0.00203 e. The van der Waals surface area contributed by atoms with Crippen LogP contribution < -0.4 is 5.32 Å². The second-order valence-electron chi connectivity index (χ2n) is 6.93. The molecule has 0 aliphatic rings. The van der Waals surface area contributed by atoms with E-state index in [1.807, 2.05) is 0 Å². The number of benzene rings is 1. The molecule has 0 aliphatic carbocycles. The second kappa shape index (κ2) is 9.18. The smallest absolute Gasteiger partial charge is 0.00203 e. The Bertz CT molecular complexity index is 354. The summed E-state index contributed by atoms with van der Waals surface area (Å²) in [6, 6.07) is 8.88. The Hall–Kier alpha value is -0.820. The van der Waals surface area contributed by atoms with Gasteiger partial charge in [-0.1, -0.05) is 64.8 Å². The van der Waals surface area contributed by atoms with Crippen LogP contribution in [0.3, 0.4) is 0 Å². The Morgan fingerprint density at radius 2 is 1.60 bits per heavy atom. The van der Waals surface area contributed by atoms with E-state index in [0.29, 0.717) is 5.92 Å². The summed E-state index contributed by atoms with van der Waals surface area (Å²) < 4.78 is 0. The number of hydrogen-bond acceptors (Lipinski definition) is 1. The largest absolute Gasteiger partial charge is 0.316 e. The van der Waals surface area contributed by atoms with Gasteiger partial charge in [0.2, 0.25) is 0 Å². The highest BCUT2D eigenvalue weighted by Crippen LogP contribution is 2.25. The third-order valence-electron chi connectivity index (χ3n) is 3.91. The normalized spacial score (nSPS) is 13.2. The Morgan fingerprint density at radius 1 is 0.900 bits per heavy atom. The van der Waals surface area contributed by atoms with E-state index in [2.05, 4.69) is 64.2 Å². The molecule has 0 bridgehead atoms. The molecule has 0 saturated heterocycles. The maximum absolute atomic E-state index is 3.65. The van der Waals surface area contributed by atoms with Gasteiger partial charge in [0.05, 0.1) is 0 Å². The topological polar surface area (TPSA) is 12.0 Å². The predicted molar refractivity (Wildman–Crippen MR) is 90.3 cm³/mol. The molecule has 0 amide bonds. The van der Waals surface area contributed by atoms with Gasteiger partial charge in [-0.25, -0.2) is 0 Å². The van der Waals surface area contributed by atoms with Crippen LogP contribution in [0, 0.1) is 18.8 Å². The summed E-state index contributed by atoms with van der Waals surface area (Å²) in [6.07, 6.45) is 3.97. The minimum Gasteiger partial charge on any atom is -0.316 e. The Labute approximate surface area is 126 Å². The zero-order valence-corrected chi connectivity index (χ0v) is 14.1.